The third-order valence-electron chi connectivity index (χ3n) is 6.41. The lowest BCUT2D eigenvalue weighted by Crippen LogP contribution is -2.36. The van der Waals surface area contributed by atoms with Gasteiger partial charge in [0.15, 0.2) is 9.84 Å². The number of fused-ring (bicyclic) bond motifs is 3. The van der Waals surface area contributed by atoms with Gasteiger partial charge in [-0.05, 0) is 48.4 Å². The molecule has 1 saturated carbocycles. The molecular formula is C21H21NO3S. The molecule has 134 valence electrons. The van der Waals surface area contributed by atoms with Gasteiger partial charge in [-0.15, -0.1) is 0 Å². The second-order valence-electron chi connectivity index (χ2n) is 7.78. The Hall–Kier alpha value is -2.14. The molecule has 3 aliphatic rings. The van der Waals surface area contributed by atoms with Crippen LogP contribution in [0.25, 0.3) is 0 Å². The number of nitrogens with one attached hydrogen (secondary N) is 1. The molecule has 1 N–H and O–H groups in total. The topological polar surface area (TPSA) is 63.2 Å². The van der Waals surface area contributed by atoms with Crippen LogP contribution < -0.4 is 5.32 Å². The number of carbonyl (C=O) groups is 1. The van der Waals surface area contributed by atoms with Crippen LogP contribution in [0.15, 0.2) is 53.4 Å². The molecule has 4 nitrogen and oxygen atoms in total. The number of hydrogen-bond donors (Lipinski definition) is 1. The monoisotopic (exact) mass is 367 g/mol. The summed E-state index contributed by atoms with van der Waals surface area (Å²) in [5, 5.41) is 3.15. The first-order valence-electron chi connectivity index (χ1n) is 9.22. The fourth-order valence-corrected chi connectivity index (χ4v) is 6.57. The number of rotatable bonds is 2. The number of aryl methyl sites for hydroxylation is 1. The summed E-state index contributed by atoms with van der Waals surface area (Å²) in [4.78, 5) is 13.3. The number of carbonyl (C=O) groups excluding carboxylic acids is 1. The summed E-state index contributed by atoms with van der Waals surface area (Å²) in [7, 11) is -3.23. The molecule has 1 fully saturated rings. The Kier molecular flexibility index (Phi) is 3.35. The molecule has 3 atom stereocenters. The molecule has 2 aromatic rings. The predicted molar refractivity (Wildman–Crippen MR) is 98.5 cm³/mol. The van der Waals surface area contributed by atoms with Crippen molar-refractivity contribution in [1.29, 1.82) is 0 Å². The first-order valence-corrected chi connectivity index (χ1v) is 10.9. The quantitative estimate of drug-likeness (QED) is 0.888. The summed E-state index contributed by atoms with van der Waals surface area (Å²) in [5.41, 5.74) is 3.46. The Balaban J connectivity index is 1.38. The number of hydrogen-bond acceptors (Lipinski definition) is 3. The van der Waals surface area contributed by atoms with Crippen molar-refractivity contribution in [3.05, 3.63) is 65.2 Å². The Morgan fingerprint density at radius 1 is 1.08 bits per heavy atom. The lowest BCUT2D eigenvalue weighted by atomic mass is 9.95. The first-order chi connectivity index (χ1) is 12.5. The van der Waals surface area contributed by atoms with Gasteiger partial charge in [0.05, 0.1) is 16.7 Å². The van der Waals surface area contributed by atoms with Crippen LogP contribution in [0.5, 0.6) is 0 Å². The number of sulfone groups is 1. The van der Waals surface area contributed by atoms with Crippen molar-refractivity contribution < 1.29 is 13.2 Å². The molecule has 2 aromatic carbocycles. The summed E-state index contributed by atoms with van der Waals surface area (Å²) < 4.78 is 24.6. The summed E-state index contributed by atoms with van der Waals surface area (Å²) in [5.74, 6) is 0.172. The van der Waals surface area contributed by atoms with Crippen molar-refractivity contribution in [2.75, 3.05) is 5.75 Å². The van der Waals surface area contributed by atoms with Crippen LogP contribution >= 0.6 is 0 Å². The molecule has 1 aliphatic heterocycles. The average molecular weight is 367 g/mol. The minimum absolute atomic E-state index is 0.0110. The molecular weight excluding hydrogens is 346 g/mol. The van der Waals surface area contributed by atoms with E-state index in [0.717, 1.165) is 24.8 Å². The van der Waals surface area contributed by atoms with Gasteiger partial charge in [0.2, 0.25) is 5.91 Å². The van der Waals surface area contributed by atoms with E-state index in [-0.39, 0.29) is 29.0 Å². The Bertz CT molecular complexity index is 1010. The van der Waals surface area contributed by atoms with Gasteiger partial charge in [-0.1, -0.05) is 42.5 Å². The molecule has 0 radical (unpaired) electrons. The molecule has 0 saturated heterocycles. The Morgan fingerprint density at radius 3 is 2.73 bits per heavy atom. The maximum Gasteiger partial charge on any atom is 0.224 e. The van der Waals surface area contributed by atoms with Crippen LogP contribution in [0.2, 0.25) is 0 Å². The summed E-state index contributed by atoms with van der Waals surface area (Å²) in [6, 6.07) is 15.3. The molecule has 5 heteroatoms. The average Bonchev–Trinajstić information content (AvgIpc) is 3.27. The van der Waals surface area contributed by atoms with Crippen LogP contribution in [-0.2, 0) is 26.5 Å². The van der Waals surface area contributed by atoms with E-state index < -0.39 is 9.84 Å². The van der Waals surface area contributed by atoms with E-state index in [4.69, 9.17) is 0 Å². The molecule has 1 heterocycles. The van der Waals surface area contributed by atoms with Crippen molar-refractivity contribution in [1.82, 2.24) is 5.32 Å². The van der Waals surface area contributed by atoms with E-state index in [1.807, 2.05) is 12.1 Å². The van der Waals surface area contributed by atoms with Crippen molar-refractivity contribution in [3.63, 3.8) is 0 Å². The highest BCUT2D eigenvalue weighted by molar-refractivity contribution is 7.91. The zero-order valence-corrected chi connectivity index (χ0v) is 15.3. The van der Waals surface area contributed by atoms with Gasteiger partial charge >= 0.3 is 0 Å². The Labute approximate surface area is 153 Å². The maximum absolute atomic E-state index is 13.0. The summed E-state index contributed by atoms with van der Waals surface area (Å²) in [6.07, 6.45) is 3.44. The standard InChI is InChI=1S/C21H21NO3S/c23-20(17-13-21(17)11-9-14-5-1-3-7-16(14)21)22-18-10-12-26(24,25)19-8-4-2-6-15(18)19/h1-8,17-18H,9-13H2,(H,22,23). The van der Waals surface area contributed by atoms with E-state index in [1.165, 1.54) is 11.1 Å². The van der Waals surface area contributed by atoms with Crippen molar-refractivity contribution in [3.8, 4) is 0 Å². The van der Waals surface area contributed by atoms with E-state index in [1.54, 1.807) is 12.1 Å². The fraction of sp³-hybridized carbons (Fsp3) is 0.381. The summed E-state index contributed by atoms with van der Waals surface area (Å²) in [6.45, 7) is 0. The normalized spacial score (nSPS) is 30.5. The van der Waals surface area contributed by atoms with Crippen LogP contribution in [0, 0.1) is 5.92 Å². The SMILES string of the molecule is O=C(NC1CCS(=O)(=O)c2ccccc21)C1CC12CCc1ccccc12. The highest BCUT2D eigenvalue weighted by Crippen LogP contribution is 2.61. The highest BCUT2D eigenvalue weighted by atomic mass is 32.2. The van der Waals surface area contributed by atoms with Gasteiger partial charge in [0, 0.05) is 11.3 Å². The van der Waals surface area contributed by atoms with Gasteiger partial charge in [-0.3, -0.25) is 4.79 Å². The molecule has 26 heavy (non-hydrogen) atoms. The third kappa shape index (κ3) is 2.26. The molecule has 2 aliphatic carbocycles. The summed E-state index contributed by atoms with van der Waals surface area (Å²) >= 11 is 0. The number of benzene rings is 2. The third-order valence-corrected chi connectivity index (χ3v) is 8.22. The van der Waals surface area contributed by atoms with Gasteiger partial charge < -0.3 is 5.32 Å². The van der Waals surface area contributed by atoms with Crippen molar-refractivity contribution >= 4 is 15.7 Å². The van der Waals surface area contributed by atoms with Crippen LogP contribution in [0.3, 0.4) is 0 Å². The smallest absolute Gasteiger partial charge is 0.224 e. The Morgan fingerprint density at radius 2 is 1.85 bits per heavy atom. The first kappa shape index (κ1) is 16.1. The van der Waals surface area contributed by atoms with Crippen LogP contribution in [0.1, 0.15) is 42.0 Å². The number of amides is 1. The second kappa shape index (κ2) is 5.43. The maximum atomic E-state index is 13.0. The predicted octanol–water partition coefficient (Wildman–Crippen LogP) is 2.93. The van der Waals surface area contributed by atoms with E-state index in [2.05, 4.69) is 29.6 Å². The van der Waals surface area contributed by atoms with Crippen LogP contribution in [-0.4, -0.2) is 20.1 Å². The van der Waals surface area contributed by atoms with E-state index in [9.17, 15) is 13.2 Å². The van der Waals surface area contributed by atoms with Crippen molar-refractivity contribution in [2.45, 2.75) is 42.0 Å². The largest absolute Gasteiger partial charge is 0.349 e. The zero-order chi connectivity index (χ0) is 17.9. The second-order valence-corrected chi connectivity index (χ2v) is 9.85. The minimum atomic E-state index is -3.23. The minimum Gasteiger partial charge on any atom is -0.349 e. The fourth-order valence-electron chi connectivity index (χ4n) is 4.95. The lowest BCUT2D eigenvalue weighted by molar-refractivity contribution is -0.123. The molecule has 1 amide bonds. The zero-order valence-electron chi connectivity index (χ0n) is 14.4. The van der Waals surface area contributed by atoms with Gasteiger partial charge in [-0.2, -0.15) is 0 Å². The van der Waals surface area contributed by atoms with Gasteiger partial charge in [0.25, 0.3) is 0 Å². The van der Waals surface area contributed by atoms with Crippen molar-refractivity contribution in [2.24, 2.45) is 5.92 Å². The molecule has 0 bridgehead atoms. The van der Waals surface area contributed by atoms with Gasteiger partial charge in [0.1, 0.15) is 0 Å². The van der Waals surface area contributed by atoms with E-state index in [0.29, 0.717) is 11.3 Å². The van der Waals surface area contributed by atoms with E-state index >= 15 is 0 Å². The lowest BCUT2D eigenvalue weighted by Gasteiger charge is -2.26. The molecule has 3 unspecified atom stereocenters. The highest BCUT2D eigenvalue weighted by Gasteiger charge is 2.61. The van der Waals surface area contributed by atoms with Crippen LogP contribution in [0.4, 0.5) is 0 Å². The molecule has 5 rings (SSSR count). The molecule has 0 aromatic heterocycles. The van der Waals surface area contributed by atoms with Gasteiger partial charge in [-0.25, -0.2) is 8.42 Å². The molecule has 1 spiro atoms.